The zero-order valence-corrected chi connectivity index (χ0v) is 14.3. The lowest BCUT2D eigenvalue weighted by molar-refractivity contribution is 0.0992. The first kappa shape index (κ1) is 16.8. The summed E-state index contributed by atoms with van der Waals surface area (Å²) in [4.78, 5) is 25.0. The van der Waals surface area contributed by atoms with E-state index in [0.717, 1.165) is 11.8 Å². The maximum absolute atomic E-state index is 13.3. The average Bonchev–Trinajstić information content (AvgIpc) is 3.09. The molecule has 0 unspecified atom stereocenters. The van der Waals surface area contributed by atoms with E-state index in [1.165, 1.54) is 23.1 Å². The van der Waals surface area contributed by atoms with Crippen molar-refractivity contribution in [2.75, 3.05) is 0 Å². The van der Waals surface area contributed by atoms with Gasteiger partial charge in [0.05, 0.1) is 30.6 Å². The Hall–Kier alpha value is -3.68. The fourth-order valence-electron chi connectivity index (χ4n) is 2.70. The minimum Gasteiger partial charge on any atom is -0.454 e. The Morgan fingerprint density at radius 3 is 2.89 bits per heavy atom. The van der Waals surface area contributed by atoms with Gasteiger partial charge in [-0.3, -0.25) is 14.8 Å². The maximum atomic E-state index is 13.3. The quantitative estimate of drug-likeness (QED) is 0.507. The molecule has 27 heavy (non-hydrogen) atoms. The first-order valence-electron chi connectivity index (χ1n) is 8.15. The van der Waals surface area contributed by atoms with Crippen LogP contribution in [0.3, 0.4) is 0 Å². The second-order valence-electron chi connectivity index (χ2n) is 5.98. The van der Waals surface area contributed by atoms with Gasteiger partial charge < -0.3 is 4.74 Å². The summed E-state index contributed by atoms with van der Waals surface area (Å²) in [5.41, 5.74) is 2.45. The molecule has 8 heteroatoms. The monoisotopic (exact) mass is 363 g/mol. The van der Waals surface area contributed by atoms with Crippen LogP contribution in [-0.4, -0.2) is 30.3 Å². The molecule has 0 atom stereocenters. The molecule has 0 bridgehead atoms. The molecule has 7 nitrogen and oxygen atoms in total. The van der Waals surface area contributed by atoms with E-state index >= 15 is 0 Å². The molecule has 0 aliphatic heterocycles. The zero-order valence-electron chi connectivity index (χ0n) is 14.3. The van der Waals surface area contributed by atoms with Crippen molar-refractivity contribution in [3.05, 3.63) is 78.0 Å². The third kappa shape index (κ3) is 3.64. The van der Waals surface area contributed by atoms with E-state index in [9.17, 15) is 9.18 Å². The van der Waals surface area contributed by atoms with Gasteiger partial charge >= 0.3 is 0 Å². The van der Waals surface area contributed by atoms with Gasteiger partial charge in [0.15, 0.2) is 11.4 Å². The highest BCUT2D eigenvalue weighted by molar-refractivity contribution is 6.02. The Morgan fingerprint density at radius 1 is 1.19 bits per heavy atom. The van der Waals surface area contributed by atoms with Crippen molar-refractivity contribution in [1.82, 2.24) is 24.6 Å². The van der Waals surface area contributed by atoms with Crippen LogP contribution in [0.25, 0.3) is 5.65 Å². The van der Waals surface area contributed by atoms with Crippen molar-refractivity contribution in [3.63, 3.8) is 0 Å². The summed E-state index contributed by atoms with van der Waals surface area (Å²) in [6.07, 6.45) is 7.17. The number of rotatable bonds is 5. The SMILES string of the molecule is Cc1ccnc(CC(=O)c2cc(Oc3cncc(F)c3)cn3ncnc23)c1. The van der Waals surface area contributed by atoms with Gasteiger partial charge in [0.2, 0.25) is 0 Å². The number of ether oxygens (including phenoxy) is 1. The molecule has 4 aromatic heterocycles. The maximum Gasteiger partial charge on any atom is 0.172 e. The second-order valence-corrected chi connectivity index (χ2v) is 5.98. The van der Waals surface area contributed by atoms with Crippen LogP contribution >= 0.6 is 0 Å². The Kier molecular flexibility index (Phi) is 4.29. The van der Waals surface area contributed by atoms with Gasteiger partial charge in [-0.1, -0.05) is 0 Å². The number of nitrogens with zero attached hydrogens (tertiary/aromatic N) is 5. The molecule has 0 aliphatic carbocycles. The smallest absolute Gasteiger partial charge is 0.172 e. The molecule has 0 fully saturated rings. The number of carbonyl (C=O) groups excluding carboxylic acids is 1. The number of aryl methyl sites for hydroxylation is 1. The first-order chi connectivity index (χ1) is 13.1. The summed E-state index contributed by atoms with van der Waals surface area (Å²) in [5.74, 6) is -0.153. The van der Waals surface area contributed by atoms with Crippen LogP contribution in [0.15, 0.2) is 55.4 Å². The molecule has 134 valence electrons. The number of fused-ring (bicyclic) bond motifs is 1. The molecule has 0 saturated carbocycles. The van der Waals surface area contributed by atoms with Gasteiger partial charge in [-0.05, 0) is 30.7 Å². The van der Waals surface area contributed by atoms with Gasteiger partial charge in [-0.25, -0.2) is 13.9 Å². The minimum absolute atomic E-state index is 0.120. The van der Waals surface area contributed by atoms with E-state index in [1.807, 2.05) is 19.1 Å². The summed E-state index contributed by atoms with van der Waals surface area (Å²) in [6, 6.07) is 6.49. The van der Waals surface area contributed by atoms with Crippen molar-refractivity contribution in [3.8, 4) is 11.5 Å². The number of halogens is 1. The second kappa shape index (κ2) is 6.91. The van der Waals surface area contributed by atoms with Crippen molar-refractivity contribution in [2.45, 2.75) is 13.3 Å². The molecular weight excluding hydrogens is 349 g/mol. The Labute approximate surface area is 153 Å². The number of hydrogen-bond acceptors (Lipinski definition) is 6. The van der Waals surface area contributed by atoms with Crippen LogP contribution in [0.1, 0.15) is 21.6 Å². The Balaban J connectivity index is 1.69. The number of carbonyl (C=O) groups is 1. The zero-order chi connectivity index (χ0) is 18.8. The lowest BCUT2D eigenvalue weighted by atomic mass is 10.1. The molecule has 4 aromatic rings. The fraction of sp³-hybridized carbons (Fsp3) is 0.105. The van der Waals surface area contributed by atoms with E-state index in [4.69, 9.17) is 4.74 Å². The molecule has 4 rings (SSSR count). The lowest BCUT2D eigenvalue weighted by Crippen LogP contribution is -2.08. The van der Waals surface area contributed by atoms with E-state index in [0.29, 0.717) is 22.7 Å². The van der Waals surface area contributed by atoms with Gasteiger partial charge in [-0.2, -0.15) is 5.10 Å². The normalized spacial score (nSPS) is 10.9. The van der Waals surface area contributed by atoms with Crippen LogP contribution in [0.4, 0.5) is 4.39 Å². The molecule has 0 radical (unpaired) electrons. The van der Waals surface area contributed by atoms with Crippen molar-refractivity contribution < 1.29 is 13.9 Å². The molecule has 0 aliphatic rings. The topological polar surface area (TPSA) is 82.3 Å². The molecule has 0 aromatic carbocycles. The number of aromatic nitrogens is 5. The average molecular weight is 363 g/mol. The van der Waals surface area contributed by atoms with Gasteiger partial charge in [-0.15, -0.1) is 0 Å². The summed E-state index contributed by atoms with van der Waals surface area (Å²) in [6.45, 7) is 1.94. The van der Waals surface area contributed by atoms with Crippen molar-refractivity contribution in [1.29, 1.82) is 0 Å². The highest BCUT2D eigenvalue weighted by atomic mass is 19.1. The van der Waals surface area contributed by atoms with E-state index < -0.39 is 5.82 Å². The molecule has 0 spiro atoms. The summed E-state index contributed by atoms with van der Waals surface area (Å²) >= 11 is 0. The van der Waals surface area contributed by atoms with Crippen LogP contribution < -0.4 is 4.74 Å². The molecular formula is C19H14FN5O2. The Bertz CT molecular complexity index is 1140. The molecule has 0 amide bonds. The van der Waals surface area contributed by atoms with Crippen molar-refractivity contribution in [2.24, 2.45) is 0 Å². The molecule has 4 heterocycles. The largest absolute Gasteiger partial charge is 0.454 e. The van der Waals surface area contributed by atoms with Crippen molar-refractivity contribution >= 4 is 11.4 Å². The van der Waals surface area contributed by atoms with Crippen LogP contribution in [0.5, 0.6) is 11.5 Å². The fourth-order valence-corrected chi connectivity index (χ4v) is 2.70. The number of Topliss-reactive ketones (excluding diaryl/α,β-unsaturated/α-hetero) is 1. The van der Waals surface area contributed by atoms with E-state index in [2.05, 4.69) is 20.1 Å². The van der Waals surface area contributed by atoms with E-state index in [1.54, 1.807) is 18.5 Å². The van der Waals surface area contributed by atoms with Gasteiger partial charge in [0, 0.05) is 18.0 Å². The predicted octanol–water partition coefficient (Wildman–Crippen LogP) is 3.18. The van der Waals surface area contributed by atoms with Crippen LogP contribution in [-0.2, 0) is 6.42 Å². The van der Waals surface area contributed by atoms with Gasteiger partial charge in [0.1, 0.15) is 23.6 Å². The highest BCUT2D eigenvalue weighted by Crippen LogP contribution is 2.24. The Morgan fingerprint density at radius 2 is 2.07 bits per heavy atom. The number of hydrogen-bond donors (Lipinski definition) is 0. The highest BCUT2D eigenvalue weighted by Gasteiger charge is 2.16. The number of ketones is 1. The standard InChI is InChI=1S/C19H14FN5O2/c1-12-2-3-22-14(4-12)6-18(26)17-7-16(10-25-19(17)23-11-24-25)27-15-5-13(20)8-21-9-15/h2-5,7-11H,6H2,1H3. The number of pyridine rings is 3. The third-order valence-corrected chi connectivity index (χ3v) is 3.88. The van der Waals surface area contributed by atoms with Gasteiger partial charge in [0.25, 0.3) is 0 Å². The first-order valence-corrected chi connectivity index (χ1v) is 8.15. The van der Waals surface area contributed by atoms with Crippen LogP contribution in [0, 0.1) is 12.7 Å². The van der Waals surface area contributed by atoms with E-state index in [-0.39, 0.29) is 18.0 Å². The third-order valence-electron chi connectivity index (χ3n) is 3.88. The lowest BCUT2D eigenvalue weighted by Gasteiger charge is -2.09. The molecule has 0 saturated heterocycles. The minimum atomic E-state index is -0.517. The summed E-state index contributed by atoms with van der Waals surface area (Å²) < 4.78 is 20.4. The summed E-state index contributed by atoms with van der Waals surface area (Å²) in [5, 5.41) is 4.07. The van der Waals surface area contributed by atoms with Crippen LogP contribution in [0.2, 0.25) is 0 Å². The predicted molar refractivity (Wildman–Crippen MR) is 94.3 cm³/mol. The summed E-state index contributed by atoms with van der Waals surface area (Å²) in [7, 11) is 0. The molecule has 0 N–H and O–H groups in total.